The average Bonchev–Trinajstić information content (AvgIpc) is 2.71. The van der Waals surface area contributed by atoms with Gasteiger partial charge >= 0.3 is 0 Å². The Balaban J connectivity index is 1.80. The smallest absolute Gasteiger partial charge is 0.261 e. The summed E-state index contributed by atoms with van der Waals surface area (Å²) >= 11 is 0. The van der Waals surface area contributed by atoms with Crippen LogP contribution in [0.25, 0.3) is 0 Å². The van der Waals surface area contributed by atoms with E-state index < -0.39 is 10.0 Å². The first-order chi connectivity index (χ1) is 14.6. The van der Waals surface area contributed by atoms with Crippen LogP contribution in [-0.4, -0.2) is 14.3 Å². The predicted octanol–water partition coefficient (Wildman–Crippen LogP) is 5.21. The standard InChI is InChI=1S/C25H28N2O3S/c1-16-6-12-23(13-7-16)31(29,30)27-24-15-22(11-9-18(24)3)25(28)26-20(5)21-10-8-17(2)19(4)14-21/h6-15,20,27H,1-5H3,(H,26,28)/t20-/m1/s1. The van der Waals surface area contributed by atoms with Gasteiger partial charge in [-0.05, 0) is 81.1 Å². The molecule has 5 nitrogen and oxygen atoms in total. The van der Waals surface area contributed by atoms with E-state index in [0.717, 1.165) is 16.7 Å². The van der Waals surface area contributed by atoms with Crippen LogP contribution in [0.15, 0.2) is 65.6 Å². The number of hydrogen-bond acceptors (Lipinski definition) is 3. The fourth-order valence-electron chi connectivity index (χ4n) is 3.19. The summed E-state index contributed by atoms with van der Waals surface area (Å²) in [4.78, 5) is 13.0. The number of hydrogen-bond donors (Lipinski definition) is 2. The third-order valence-electron chi connectivity index (χ3n) is 5.45. The van der Waals surface area contributed by atoms with Gasteiger partial charge in [0.05, 0.1) is 16.6 Å². The lowest BCUT2D eigenvalue weighted by Crippen LogP contribution is -2.27. The Labute approximate surface area is 184 Å². The Morgan fingerprint density at radius 2 is 1.45 bits per heavy atom. The van der Waals surface area contributed by atoms with Gasteiger partial charge in [0.25, 0.3) is 15.9 Å². The number of carbonyl (C=O) groups excluding carboxylic acids is 1. The SMILES string of the molecule is Cc1ccc(S(=O)(=O)Nc2cc(C(=O)N[C@H](C)c3ccc(C)c(C)c3)ccc2C)cc1. The van der Waals surface area contributed by atoms with Crippen LogP contribution < -0.4 is 10.0 Å². The molecule has 0 aromatic heterocycles. The molecular weight excluding hydrogens is 408 g/mol. The van der Waals surface area contributed by atoms with Crippen LogP contribution in [0.4, 0.5) is 5.69 Å². The molecule has 2 N–H and O–H groups in total. The number of nitrogens with one attached hydrogen (secondary N) is 2. The summed E-state index contributed by atoms with van der Waals surface area (Å²) in [5.41, 5.74) is 5.87. The molecular formula is C25H28N2O3S. The Kier molecular flexibility index (Phi) is 6.51. The summed E-state index contributed by atoms with van der Waals surface area (Å²) in [5.74, 6) is -0.262. The fraction of sp³-hybridized carbons (Fsp3) is 0.240. The minimum absolute atomic E-state index is 0.177. The molecule has 3 rings (SSSR count). The van der Waals surface area contributed by atoms with Crippen molar-refractivity contribution >= 4 is 21.6 Å². The molecule has 31 heavy (non-hydrogen) atoms. The predicted molar refractivity (Wildman–Crippen MR) is 125 cm³/mol. The third kappa shape index (κ3) is 5.33. The average molecular weight is 437 g/mol. The number of aryl methyl sites for hydroxylation is 4. The quantitative estimate of drug-likeness (QED) is 0.557. The summed E-state index contributed by atoms with van der Waals surface area (Å²) in [6.07, 6.45) is 0. The molecule has 3 aromatic carbocycles. The molecule has 0 unspecified atom stereocenters. The fourth-order valence-corrected chi connectivity index (χ4v) is 4.31. The molecule has 0 heterocycles. The molecule has 0 radical (unpaired) electrons. The second-order valence-corrected chi connectivity index (χ2v) is 9.67. The second kappa shape index (κ2) is 8.94. The van der Waals surface area contributed by atoms with Gasteiger partial charge in [0, 0.05) is 5.56 Å². The van der Waals surface area contributed by atoms with Gasteiger partial charge in [0.15, 0.2) is 0 Å². The molecule has 0 aliphatic rings. The van der Waals surface area contributed by atoms with E-state index in [0.29, 0.717) is 11.3 Å². The molecule has 0 aliphatic carbocycles. The number of rotatable bonds is 6. The largest absolute Gasteiger partial charge is 0.346 e. The second-order valence-electron chi connectivity index (χ2n) is 7.99. The van der Waals surface area contributed by atoms with Crippen molar-refractivity contribution in [3.63, 3.8) is 0 Å². The van der Waals surface area contributed by atoms with Crippen LogP contribution in [0, 0.1) is 27.7 Å². The highest BCUT2D eigenvalue weighted by atomic mass is 32.2. The number of sulfonamides is 1. The Morgan fingerprint density at radius 1 is 0.806 bits per heavy atom. The first-order valence-electron chi connectivity index (χ1n) is 10.1. The lowest BCUT2D eigenvalue weighted by atomic mass is 10.0. The molecule has 0 bridgehead atoms. The van der Waals surface area contributed by atoms with Crippen LogP contribution in [0.3, 0.4) is 0 Å². The topological polar surface area (TPSA) is 75.3 Å². The van der Waals surface area contributed by atoms with E-state index >= 15 is 0 Å². The van der Waals surface area contributed by atoms with Gasteiger partial charge < -0.3 is 5.32 Å². The molecule has 1 atom stereocenters. The summed E-state index contributed by atoms with van der Waals surface area (Å²) in [7, 11) is -3.75. The maximum Gasteiger partial charge on any atom is 0.261 e. The van der Waals surface area contributed by atoms with Crippen LogP contribution >= 0.6 is 0 Å². The number of amides is 1. The van der Waals surface area contributed by atoms with E-state index in [-0.39, 0.29) is 16.8 Å². The highest BCUT2D eigenvalue weighted by molar-refractivity contribution is 7.92. The van der Waals surface area contributed by atoms with Crippen molar-refractivity contribution in [1.29, 1.82) is 0 Å². The van der Waals surface area contributed by atoms with Crippen molar-refractivity contribution < 1.29 is 13.2 Å². The highest BCUT2D eigenvalue weighted by Gasteiger charge is 2.18. The number of anilines is 1. The first-order valence-corrected chi connectivity index (χ1v) is 11.6. The van der Waals surface area contributed by atoms with Gasteiger partial charge in [-0.15, -0.1) is 0 Å². The van der Waals surface area contributed by atoms with Crippen molar-refractivity contribution in [1.82, 2.24) is 5.32 Å². The summed E-state index contributed by atoms with van der Waals surface area (Å²) in [6, 6.07) is 17.6. The molecule has 0 fully saturated rings. The van der Waals surface area contributed by atoms with Crippen molar-refractivity contribution in [3.8, 4) is 0 Å². The minimum atomic E-state index is -3.75. The van der Waals surface area contributed by atoms with Crippen LogP contribution in [0.1, 0.15) is 51.1 Å². The van der Waals surface area contributed by atoms with Crippen molar-refractivity contribution in [2.24, 2.45) is 0 Å². The van der Waals surface area contributed by atoms with Gasteiger partial charge in [0.2, 0.25) is 0 Å². The third-order valence-corrected chi connectivity index (χ3v) is 6.84. The van der Waals surface area contributed by atoms with Crippen molar-refractivity contribution in [2.45, 2.75) is 45.6 Å². The van der Waals surface area contributed by atoms with Gasteiger partial charge in [-0.25, -0.2) is 8.42 Å². The van der Waals surface area contributed by atoms with Crippen LogP contribution in [0.5, 0.6) is 0 Å². The van der Waals surface area contributed by atoms with E-state index in [1.807, 2.05) is 39.8 Å². The highest BCUT2D eigenvalue weighted by Crippen LogP contribution is 2.23. The van der Waals surface area contributed by atoms with Gasteiger partial charge in [-0.3, -0.25) is 9.52 Å². The van der Waals surface area contributed by atoms with E-state index in [1.165, 1.54) is 11.1 Å². The number of benzene rings is 3. The minimum Gasteiger partial charge on any atom is -0.346 e. The summed E-state index contributed by atoms with van der Waals surface area (Å²) in [6.45, 7) is 9.71. The maximum atomic E-state index is 12.8. The maximum absolute atomic E-state index is 12.8. The molecule has 162 valence electrons. The zero-order chi connectivity index (χ0) is 22.8. The van der Waals surface area contributed by atoms with Crippen LogP contribution in [-0.2, 0) is 10.0 Å². The zero-order valence-electron chi connectivity index (χ0n) is 18.5. The molecule has 0 aliphatic heterocycles. The van der Waals surface area contributed by atoms with E-state index in [9.17, 15) is 13.2 Å². The van der Waals surface area contributed by atoms with Gasteiger partial charge in [0.1, 0.15) is 0 Å². The summed E-state index contributed by atoms with van der Waals surface area (Å²) < 4.78 is 28.1. The van der Waals surface area contributed by atoms with E-state index in [4.69, 9.17) is 0 Å². The molecule has 0 saturated heterocycles. The molecule has 0 saturated carbocycles. The monoisotopic (exact) mass is 436 g/mol. The molecule has 0 spiro atoms. The zero-order valence-corrected chi connectivity index (χ0v) is 19.3. The Hall–Kier alpha value is -3.12. The van der Waals surface area contributed by atoms with E-state index in [2.05, 4.69) is 16.1 Å². The normalized spacial score (nSPS) is 12.3. The Morgan fingerprint density at radius 3 is 2.10 bits per heavy atom. The first kappa shape index (κ1) is 22.6. The molecule has 3 aromatic rings. The lowest BCUT2D eigenvalue weighted by molar-refractivity contribution is 0.0940. The molecule has 6 heteroatoms. The van der Waals surface area contributed by atoms with Gasteiger partial charge in [-0.2, -0.15) is 0 Å². The summed E-state index contributed by atoms with van der Waals surface area (Å²) in [5, 5.41) is 2.99. The van der Waals surface area contributed by atoms with Crippen LogP contribution in [0.2, 0.25) is 0 Å². The van der Waals surface area contributed by atoms with Crippen molar-refractivity contribution in [3.05, 3.63) is 94.0 Å². The van der Waals surface area contributed by atoms with Crippen molar-refractivity contribution in [2.75, 3.05) is 4.72 Å². The lowest BCUT2D eigenvalue weighted by Gasteiger charge is -2.17. The van der Waals surface area contributed by atoms with Gasteiger partial charge in [-0.1, -0.05) is 42.0 Å². The number of carbonyl (C=O) groups is 1. The van der Waals surface area contributed by atoms with E-state index in [1.54, 1.807) is 49.4 Å². The Bertz CT molecular complexity index is 1220. The molecule has 1 amide bonds.